The lowest BCUT2D eigenvalue weighted by atomic mass is 9.86. The van der Waals surface area contributed by atoms with Crippen molar-refractivity contribution in [3.63, 3.8) is 0 Å². The molecular weight excluding hydrogens is 328 g/mol. The van der Waals surface area contributed by atoms with Crippen LogP contribution >= 0.6 is 0 Å². The van der Waals surface area contributed by atoms with Gasteiger partial charge in [0, 0.05) is 19.0 Å². The normalized spacial score (nSPS) is 28.9. The van der Waals surface area contributed by atoms with Crippen LogP contribution in [-0.4, -0.2) is 35.4 Å². The maximum absolute atomic E-state index is 13.1. The molecule has 1 aromatic rings. The minimum atomic E-state index is -0.775. The van der Waals surface area contributed by atoms with E-state index >= 15 is 0 Å². The van der Waals surface area contributed by atoms with E-state index in [0.29, 0.717) is 19.4 Å². The van der Waals surface area contributed by atoms with Gasteiger partial charge in [-0.15, -0.1) is 0 Å². The second-order valence-electron chi connectivity index (χ2n) is 8.04. The zero-order chi connectivity index (χ0) is 18.7. The molecule has 142 valence electrons. The number of methoxy groups -OCH3 is 1. The Labute approximate surface area is 156 Å². The summed E-state index contributed by atoms with van der Waals surface area (Å²) in [6, 6.07) is 7.92. The van der Waals surface area contributed by atoms with Crippen molar-refractivity contribution in [3.8, 4) is 5.75 Å². The summed E-state index contributed by atoms with van der Waals surface area (Å²) in [6.07, 6.45) is 5.39. The maximum Gasteiger partial charge on any atom is 0.245 e. The largest absolute Gasteiger partial charge is 0.497 e. The summed E-state index contributed by atoms with van der Waals surface area (Å²) in [5.74, 6) is 1.54. The highest BCUT2D eigenvalue weighted by Crippen LogP contribution is 2.33. The minimum absolute atomic E-state index is 0.00852. The number of likely N-dealkylation sites (tertiary alicyclic amines) is 1. The molecule has 1 saturated carbocycles. The number of carbonyl (C=O) groups is 2. The van der Waals surface area contributed by atoms with Crippen LogP contribution in [0, 0.1) is 5.92 Å². The molecule has 0 radical (unpaired) electrons. The number of rotatable bonds is 5. The highest BCUT2D eigenvalue weighted by molar-refractivity contribution is 5.94. The third kappa shape index (κ3) is 3.87. The second-order valence-corrected chi connectivity index (χ2v) is 8.04. The molecular formula is C21H30N2O3. The summed E-state index contributed by atoms with van der Waals surface area (Å²) in [6.45, 7) is 4.60. The Morgan fingerprint density at radius 2 is 2.04 bits per heavy atom. The summed E-state index contributed by atoms with van der Waals surface area (Å²) in [5.41, 5.74) is 0.202. The second kappa shape index (κ2) is 7.68. The van der Waals surface area contributed by atoms with Gasteiger partial charge in [-0.2, -0.15) is 0 Å². The number of amides is 2. The van der Waals surface area contributed by atoms with Crippen LogP contribution in [0.5, 0.6) is 5.75 Å². The molecule has 1 N–H and O–H groups in total. The first-order valence-corrected chi connectivity index (χ1v) is 9.67. The van der Waals surface area contributed by atoms with Gasteiger partial charge in [-0.25, -0.2) is 0 Å². The average Bonchev–Trinajstić information content (AvgIpc) is 2.93. The first kappa shape index (κ1) is 18.7. The number of carbonyl (C=O) groups excluding carboxylic acids is 2. The van der Waals surface area contributed by atoms with Crippen LogP contribution in [0.3, 0.4) is 0 Å². The molecule has 5 heteroatoms. The first-order chi connectivity index (χ1) is 12.4. The Morgan fingerprint density at radius 1 is 1.31 bits per heavy atom. The van der Waals surface area contributed by atoms with E-state index in [9.17, 15) is 9.59 Å². The number of nitrogens with one attached hydrogen (secondary N) is 1. The fraction of sp³-hybridized carbons (Fsp3) is 0.619. The van der Waals surface area contributed by atoms with E-state index in [-0.39, 0.29) is 17.9 Å². The Bertz CT molecular complexity index is 667. The summed E-state index contributed by atoms with van der Waals surface area (Å²) in [5, 5.41) is 3.22. The molecule has 1 aliphatic heterocycles. The fourth-order valence-corrected chi connectivity index (χ4v) is 4.09. The number of nitrogens with zero attached hydrogens (tertiary/aromatic N) is 1. The van der Waals surface area contributed by atoms with Crippen molar-refractivity contribution in [1.29, 1.82) is 0 Å². The molecule has 1 aromatic carbocycles. The van der Waals surface area contributed by atoms with Crippen molar-refractivity contribution in [2.24, 2.45) is 5.92 Å². The number of benzene rings is 1. The molecule has 1 heterocycles. The van der Waals surface area contributed by atoms with Gasteiger partial charge in [-0.3, -0.25) is 9.59 Å². The van der Waals surface area contributed by atoms with Gasteiger partial charge in [-0.1, -0.05) is 19.1 Å². The van der Waals surface area contributed by atoms with E-state index in [2.05, 4.69) is 12.2 Å². The van der Waals surface area contributed by atoms with Gasteiger partial charge in [0.25, 0.3) is 0 Å². The molecule has 26 heavy (non-hydrogen) atoms. The minimum Gasteiger partial charge on any atom is -0.497 e. The van der Waals surface area contributed by atoms with Gasteiger partial charge >= 0.3 is 0 Å². The number of hydrogen-bond donors (Lipinski definition) is 1. The van der Waals surface area contributed by atoms with Crippen LogP contribution < -0.4 is 10.1 Å². The predicted molar refractivity (Wildman–Crippen MR) is 101 cm³/mol. The van der Waals surface area contributed by atoms with Crippen LogP contribution in [0.25, 0.3) is 0 Å². The van der Waals surface area contributed by atoms with E-state index in [1.807, 2.05) is 31.2 Å². The van der Waals surface area contributed by atoms with Crippen LogP contribution in [-0.2, 0) is 16.1 Å². The highest BCUT2D eigenvalue weighted by atomic mass is 16.5. The highest BCUT2D eigenvalue weighted by Gasteiger charge is 2.47. The zero-order valence-corrected chi connectivity index (χ0v) is 16.1. The molecule has 3 rings (SSSR count). The molecule has 1 atom stereocenters. The van der Waals surface area contributed by atoms with Gasteiger partial charge in [0.05, 0.1) is 7.11 Å². The SMILES string of the molecule is COc1cccc(CN2C(=O)CC[C@]2(C)C(=O)NC2CCC(C)CC2)c1. The third-order valence-corrected chi connectivity index (χ3v) is 6.04. The molecule has 2 aliphatic rings. The number of ether oxygens (including phenoxy) is 1. The maximum atomic E-state index is 13.1. The van der Waals surface area contributed by atoms with Crippen molar-refractivity contribution < 1.29 is 14.3 Å². The Kier molecular flexibility index (Phi) is 5.54. The average molecular weight is 358 g/mol. The summed E-state index contributed by atoms with van der Waals surface area (Å²) >= 11 is 0. The van der Waals surface area contributed by atoms with Crippen LogP contribution in [0.4, 0.5) is 0 Å². The van der Waals surface area contributed by atoms with E-state index in [4.69, 9.17) is 4.74 Å². The molecule has 0 spiro atoms. The first-order valence-electron chi connectivity index (χ1n) is 9.67. The lowest BCUT2D eigenvalue weighted by Crippen LogP contribution is -2.56. The summed E-state index contributed by atoms with van der Waals surface area (Å²) in [7, 11) is 1.63. The van der Waals surface area contributed by atoms with Crippen molar-refractivity contribution in [1.82, 2.24) is 10.2 Å². The van der Waals surface area contributed by atoms with E-state index in [0.717, 1.165) is 42.9 Å². The summed E-state index contributed by atoms with van der Waals surface area (Å²) < 4.78 is 5.27. The molecule has 0 unspecified atom stereocenters. The topological polar surface area (TPSA) is 58.6 Å². The van der Waals surface area contributed by atoms with Crippen molar-refractivity contribution >= 4 is 11.8 Å². The van der Waals surface area contributed by atoms with E-state index in [1.54, 1.807) is 12.0 Å². The van der Waals surface area contributed by atoms with Gasteiger partial charge in [-0.05, 0) is 62.6 Å². The molecule has 2 amide bonds. The zero-order valence-electron chi connectivity index (χ0n) is 16.1. The lowest BCUT2D eigenvalue weighted by molar-refractivity contribution is -0.141. The van der Waals surface area contributed by atoms with Gasteiger partial charge in [0.15, 0.2) is 0 Å². The monoisotopic (exact) mass is 358 g/mol. The van der Waals surface area contributed by atoms with Crippen molar-refractivity contribution in [2.45, 2.75) is 70.5 Å². The van der Waals surface area contributed by atoms with Gasteiger partial charge in [0.2, 0.25) is 11.8 Å². The third-order valence-electron chi connectivity index (χ3n) is 6.04. The van der Waals surface area contributed by atoms with Crippen molar-refractivity contribution in [3.05, 3.63) is 29.8 Å². The van der Waals surface area contributed by atoms with Crippen LogP contribution in [0.15, 0.2) is 24.3 Å². The standard InChI is InChI=1S/C21H30N2O3/c1-15-7-9-17(10-8-15)22-20(25)21(2)12-11-19(24)23(21)14-16-5-4-6-18(13-16)26-3/h4-6,13,15,17H,7-12,14H2,1-3H3,(H,22,25)/t15?,17?,21-/m1/s1. The van der Waals surface area contributed by atoms with Gasteiger partial charge in [0.1, 0.15) is 11.3 Å². The molecule has 1 saturated heterocycles. The number of hydrogen-bond acceptors (Lipinski definition) is 3. The molecule has 0 aromatic heterocycles. The molecule has 2 fully saturated rings. The smallest absolute Gasteiger partial charge is 0.245 e. The Morgan fingerprint density at radius 3 is 2.73 bits per heavy atom. The van der Waals surface area contributed by atoms with Gasteiger partial charge < -0.3 is 15.0 Å². The summed E-state index contributed by atoms with van der Waals surface area (Å²) in [4.78, 5) is 27.3. The predicted octanol–water partition coefficient (Wildman–Crippen LogP) is 3.27. The lowest BCUT2D eigenvalue weighted by Gasteiger charge is -2.36. The molecule has 1 aliphatic carbocycles. The molecule has 0 bridgehead atoms. The Balaban J connectivity index is 1.71. The fourth-order valence-electron chi connectivity index (χ4n) is 4.09. The Hall–Kier alpha value is -2.04. The van der Waals surface area contributed by atoms with Crippen molar-refractivity contribution in [2.75, 3.05) is 7.11 Å². The van der Waals surface area contributed by atoms with Crippen LogP contribution in [0.2, 0.25) is 0 Å². The molecule has 5 nitrogen and oxygen atoms in total. The van der Waals surface area contributed by atoms with E-state index in [1.165, 1.54) is 0 Å². The quantitative estimate of drug-likeness (QED) is 0.879. The van der Waals surface area contributed by atoms with E-state index < -0.39 is 5.54 Å². The van der Waals surface area contributed by atoms with Crippen LogP contribution in [0.1, 0.15) is 57.9 Å².